The van der Waals surface area contributed by atoms with Crippen molar-refractivity contribution in [3.8, 4) is 0 Å². The average molecular weight is 388 g/mol. The number of esters is 1. The van der Waals surface area contributed by atoms with Crippen LogP contribution >= 0.6 is 11.6 Å². The van der Waals surface area contributed by atoms with Crippen LogP contribution in [0.2, 0.25) is 5.02 Å². The first-order valence-electron chi connectivity index (χ1n) is 8.22. The highest BCUT2D eigenvalue weighted by Crippen LogP contribution is 2.20. The van der Waals surface area contributed by atoms with E-state index in [-0.39, 0.29) is 21.6 Å². The maximum Gasteiger partial charge on any atom is 0.325 e. The van der Waals surface area contributed by atoms with Gasteiger partial charge in [-0.25, -0.2) is 8.42 Å². The smallest absolute Gasteiger partial charge is 0.325 e. The highest BCUT2D eigenvalue weighted by atomic mass is 35.5. The molecule has 2 atom stereocenters. The van der Waals surface area contributed by atoms with Gasteiger partial charge >= 0.3 is 5.97 Å². The zero-order chi connectivity index (χ0) is 18.6. The summed E-state index contributed by atoms with van der Waals surface area (Å²) in [6, 6.07) is 4.68. The number of hydrogen-bond acceptors (Lipinski definition) is 5. The molecule has 25 heavy (non-hydrogen) atoms. The predicted molar refractivity (Wildman–Crippen MR) is 93.8 cm³/mol. The van der Waals surface area contributed by atoms with Gasteiger partial charge in [0.1, 0.15) is 6.04 Å². The second-order valence-electron chi connectivity index (χ2n) is 6.44. The van der Waals surface area contributed by atoms with Crippen LogP contribution in [-0.4, -0.2) is 32.3 Å². The fourth-order valence-corrected chi connectivity index (χ4v) is 4.25. The van der Waals surface area contributed by atoms with Gasteiger partial charge in [-0.15, -0.1) is 0 Å². The molecule has 0 heterocycles. The number of carbonyl (C=O) groups is 2. The number of carbonyl (C=O) groups excluding carboxylic acids is 2. The van der Waals surface area contributed by atoms with Crippen molar-refractivity contribution in [1.29, 1.82) is 0 Å². The molecule has 138 valence electrons. The molecule has 1 aromatic rings. The Balaban J connectivity index is 2.14. The van der Waals surface area contributed by atoms with Gasteiger partial charge in [-0.05, 0) is 43.4 Å². The first-order valence-corrected chi connectivity index (χ1v) is 10.1. The molecule has 1 aliphatic rings. The van der Waals surface area contributed by atoms with Gasteiger partial charge in [-0.2, -0.15) is 4.72 Å². The molecule has 0 bridgehead atoms. The first kappa shape index (κ1) is 19.9. The van der Waals surface area contributed by atoms with Gasteiger partial charge < -0.3 is 4.74 Å². The molecule has 0 unspecified atom stereocenters. The van der Waals surface area contributed by atoms with Crippen molar-refractivity contribution in [2.24, 2.45) is 5.92 Å². The van der Waals surface area contributed by atoms with Crippen molar-refractivity contribution in [2.75, 3.05) is 0 Å². The van der Waals surface area contributed by atoms with E-state index in [1.165, 1.54) is 18.2 Å². The van der Waals surface area contributed by atoms with E-state index in [0.29, 0.717) is 12.8 Å². The van der Waals surface area contributed by atoms with E-state index in [1.807, 2.05) is 0 Å². The lowest BCUT2D eigenvalue weighted by atomic mass is 9.96. The van der Waals surface area contributed by atoms with Crippen LogP contribution in [0, 0.1) is 5.92 Å². The Morgan fingerprint density at radius 2 is 2.04 bits per heavy atom. The number of rotatable bonds is 6. The predicted octanol–water partition coefficient (Wildman–Crippen LogP) is 2.70. The fourth-order valence-electron chi connectivity index (χ4n) is 2.61. The Bertz CT molecular complexity index is 747. The second-order valence-corrected chi connectivity index (χ2v) is 8.59. The van der Waals surface area contributed by atoms with Gasteiger partial charge in [0.25, 0.3) is 0 Å². The van der Waals surface area contributed by atoms with E-state index in [9.17, 15) is 18.0 Å². The van der Waals surface area contributed by atoms with Gasteiger partial charge in [0.15, 0.2) is 11.9 Å². The highest BCUT2D eigenvalue weighted by molar-refractivity contribution is 7.89. The van der Waals surface area contributed by atoms with Gasteiger partial charge in [-0.1, -0.05) is 31.5 Å². The number of benzene rings is 1. The van der Waals surface area contributed by atoms with Crippen molar-refractivity contribution in [3.05, 3.63) is 29.3 Å². The maximum atomic E-state index is 12.5. The highest BCUT2D eigenvalue weighted by Gasteiger charge is 2.33. The van der Waals surface area contributed by atoms with E-state index in [1.54, 1.807) is 19.9 Å². The minimum Gasteiger partial charge on any atom is -0.453 e. The van der Waals surface area contributed by atoms with Crippen molar-refractivity contribution < 1.29 is 22.7 Å². The largest absolute Gasteiger partial charge is 0.453 e. The third-order valence-electron chi connectivity index (χ3n) is 4.07. The van der Waals surface area contributed by atoms with Gasteiger partial charge in [0, 0.05) is 11.4 Å². The zero-order valence-corrected chi connectivity index (χ0v) is 15.8. The minimum absolute atomic E-state index is 0.0350. The standard InChI is InChI=1S/C17H22ClNO5S/c1-11(2)16(17(21)24-15-9-4-3-8-14(15)20)19-25(22,23)13-7-5-6-12(18)10-13/h5-7,10-11,15-16,19H,3-4,8-9H2,1-2H3/t15-,16+/m1/s1. The fraction of sp³-hybridized carbons (Fsp3) is 0.529. The molecule has 0 saturated heterocycles. The Hall–Kier alpha value is -1.44. The van der Waals surface area contributed by atoms with E-state index in [4.69, 9.17) is 16.3 Å². The molecule has 0 spiro atoms. The zero-order valence-electron chi connectivity index (χ0n) is 14.2. The summed E-state index contributed by atoms with van der Waals surface area (Å²) >= 11 is 5.84. The summed E-state index contributed by atoms with van der Waals surface area (Å²) in [7, 11) is -3.95. The topological polar surface area (TPSA) is 89.5 Å². The number of Topliss-reactive ketones (excluding diaryl/α,β-unsaturated/α-hetero) is 1. The van der Waals surface area contributed by atoms with Gasteiger partial charge in [0.2, 0.25) is 10.0 Å². The SMILES string of the molecule is CC(C)[C@H](NS(=O)(=O)c1cccc(Cl)c1)C(=O)O[C@@H]1CCCCC1=O. The molecule has 0 aromatic heterocycles. The molecule has 8 heteroatoms. The minimum atomic E-state index is -3.95. The Morgan fingerprint density at radius 1 is 1.32 bits per heavy atom. The third kappa shape index (κ3) is 5.26. The third-order valence-corrected chi connectivity index (χ3v) is 5.74. The van der Waals surface area contributed by atoms with Crippen LogP contribution in [0.1, 0.15) is 39.5 Å². The second kappa shape index (κ2) is 8.29. The van der Waals surface area contributed by atoms with Crippen LogP contribution in [0.15, 0.2) is 29.2 Å². The summed E-state index contributed by atoms with van der Waals surface area (Å²) in [6.45, 7) is 3.41. The van der Waals surface area contributed by atoms with Crippen LogP contribution < -0.4 is 4.72 Å². The molecular formula is C17H22ClNO5S. The van der Waals surface area contributed by atoms with Crippen LogP contribution in [0.5, 0.6) is 0 Å². The molecule has 1 fully saturated rings. The molecule has 6 nitrogen and oxygen atoms in total. The lowest BCUT2D eigenvalue weighted by molar-refractivity contribution is -0.159. The molecule has 0 aliphatic heterocycles. The first-order chi connectivity index (χ1) is 11.7. The van der Waals surface area contributed by atoms with Crippen LogP contribution in [-0.2, 0) is 24.3 Å². The quantitative estimate of drug-likeness (QED) is 0.758. The molecule has 1 aliphatic carbocycles. The number of nitrogens with one attached hydrogen (secondary N) is 1. The van der Waals surface area contributed by atoms with E-state index < -0.39 is 28.1 Å². The van der Waals surface area contributed by atoms with Gasteiger partial charge in [-0.3, -0.25) is 9.59 Å². The molecule has 1 aromatic carbocycles. The molecule has 0 amide bonds. The summed E-state index contributed by atoms with van der Waals surface area (Å²) in [4.78, 5) is 24.2. The molecule has 1 N–H and O–H groups in total. The van der Waals surface area contributed by atoms with E-state index >= 15 is 0 Å². The molecular weight excluding hydrogens is 366 g/mol. The number of ether oxygens (including phenoxy) is 1. The van der Waals surface area contributed by atoms with Crippen LogP contribution in [0.3, 0.4) is 0 Å². The monoisotopic (exact) mass is 387 g/mol. The summed E-state index contributed by atoms with van der Waals surface area (Å²) in [5.74, 6) is -1.19. The summed E-state index contributed by atoms with van der Waals surface area (Å²) in [5.41, 5.74) is 0. The van der Waals surface area contributed by atoms with Crippen molar-refractivity contribution in [1.82, 2.24) is 4.72 Å². The van der Waals surface area contributed by atoms with E-state index in [0.717, 1.165) is 12.8 Å². The summed E-state index contributed by atoms with van der Waals surface area (Å²) in [5, 5.41) is 0.277. The van der Waals surface area contributed by atoms with Crippen molar-refractivity contribution >= 4 is 33.4 Å². The van der Waals surface area contributed by atoms with Gasteiger partial charge in [0.05, 0.1) is 4.90 Å². The number of halogens is 1. The van der Waals surface area contributed by atoms with Crippen LogP contribution in [0.4, 0.5) is 0 Å². The van der Waals surface area contributed by atoms with Crippen molar-refractivity contribution in [2.45, 2.75) is 56.6 Å². The van der Waals surface area contributed by atoms with Crippen molar-refractivity contribution in [3.63, 3.8) is 0 Å². The molecule has 2 rings (SSSR count). The Labute approximate surface area is 152 Å². The Kier molecular flexibility index (Phi) is 6.59. The number of ketones is 1. The number of sulfonamides is 1. The molecule has 1 saturated carbocycles. The average Bonchev–Trinajstić information content (AvgIpc) is 2.54. The normalized spacial score (nSPS) is 19.7. The van der Waals surface area contributed by atoms with E-state index in [2.05, 4.69) is 4.72 Å². The Morgan fingerprint density at radius 3 is 2.64 bits per heavy atom. The molecule has 0 radical (unpaired) electrons. The summed E-state index contributed by atoms with van der Waals surface area (Å²) in [6.07, 6.45) is 1.69. The lowest BCUT2D eigenvalue weighted by Crippen LogP contribution is -2.47. The summed E-state index contributed by atoms with van der Waals surface area (Å²) < 4.78 is 32.7. The number of hydrogen-bond donors (Lipinski definition) is 1. The lowest BCUT2D eigenvalue weighted by Gasteiger charge is -2.25. The van der Waals surface area contributed by atoms with Crippen LogP contribution in [0.25, 0.3) is 0 Å². The maximum absolute atomic E-state index is 12.5.